The first kappa shape index (κ1) is 15.0. The summed E-state index contributed by atoms with van der Waals surface area (Å²) < 4.78 is 0. The molecule has 0 aliphatic heterocycles. The van der Waals surface area contributed by atoms with Gasteiger partial charge in [-0.15, -0.1) is 0 Å². The van der Waals surface area contributed by atoms with E-state index in [1.165, 1.54) is 21.9 Å². The number of nitrogens with zero attached hydrogens (tertiary/aromatic N) is 2. The van der Waals surface area contributed by atoms with Crippen molar-refractivity contribution in [3.8, 4) is 0 Å². The summed E-state index contributed by atoms with van der Waals surface area (Å²) >= 11 is 0. The molecule has 0 saturated heterocycles. The Morgan fingerprint density at radius 1 is 0.870 bits per heavy atom. The highest BCUT2D eigenvalue weighted by molar-refractivity contribution is 5.85. The van der Waals surface area contributed by atoms with Crippen LogP contribution in [-0.4, -0.2) is 18.3 Å². The SMILES string of the molecule is CN(Cc1cccc2ccccc12)N=CC=Cc1ccccc1. The van der Waals surface area contributed by atoms with E-state index >= 15 is 0 Å². The van der Waals surface area contributed by atoms with Crippen molar-refractivity contribution in [2.45, 2.75) is 6.54 Å². The first-order valence-corrected chi connectivity index (χ1v) is 7.76. The molecule has 3 aromatic rings. The van der Waals surface area contributed by atoms with Crippen LogP contribution in [0.25, 0.3) is 16.8 Å². The van der Waals surface area contributed by atoms with Gasteiger partial charge in [-0.1, -0.05) is 78.9 Å². The number of fused-ring (bicyclic) bond motifs is 1. The molecule has 2 nitrogen and oxygen atoms in total. The zero-order valence-corrected chi connectivity index (χ0v) is 13.3. The van der Waals surface area contributed by atoms with E-state index < -0.39 is 0 Å². The Morgan fingerprint density at radius 3 is 2.48 bits per heavy atom. The minimum atomic E-state index is 0.789. The average molecular weight is 300 g/mol. The van der Waals surface area contributed by atoms with Crippen LogP contribution in [0.3, 0.4) is 0 Å². The summed E-state index contributed by atoms with van der Waals surface area (Å²) in [6.07, 6.45) is 5.85. The topological polar surface area (TPSA) is 15.6 Å². The van der Waals surface area contributed by atoms with Crippen molar-refractivity contribution in [1.82, 2.24) is 5.01 Å². The van der Waals surface area contributed by atoms with Gasteiger partial charge in [0.15, 0.2) is 0 Å². The average Bonchev–Trinajstić information content (AvgIpc) is 2.60. The van der Waals surface area contributed by atoms with Crippen LogP contribution in [0.4, 0.5) is 0 Å². The fraction of sp³-hybridized carbons (Fsp3) is 0.0952. The molecule has 0 unspecified atom stereocenters. The Bertz CT molecular complexity index is 814. The van der Waals surface area contributed by atoms with E-state index in [1.807, 2.05) is 42.5 Å². The van der Waals surface area contributed by atoms with Crippen LogP contribution < -0.4 is 0 Å². The first-order chi connectivity index (χ1) is 11.3. The van der Waals surface area contributed by atoms with Crippen LogP contribution in [0.1, 0.15) is 11.1 Å². The lowest BCUT2D eigenvalue weighted by atomic mass is 10.0. The molecular formula is C21H20N2. The number of hydrogen-bond acceptors (Lipinski definition) is 2. The first-order valence-electron chi connectivity index (χ1n) is 7.76. The van der Waals surface area contributed by atoms with Gasteiger partial charge in [0.1, 0.15) is 0 Å². The van der Waals surface area contributed by atoms with Crippen LogP contribution >= 0.6 is 0 Å². The second kappa shape index (κ2) is 7.41. The van der Waals surface area contributed by atoms with Crippen LogP contribution in [0.5, 0.6) is 0 Å². The van der Waals surface area contributed by atoms with Crippen molar-refractivity contribution in [3.05, 3.63) is 90.0 Å². The second-order valence-electron chi connectivity index (χ2n) is 5.49. The summed E-state index contributed by atoms with van der Waals surface area (Å²) in [5.41, 5.74) is 2.46. The lowest BCUT2D eigenvalue weighted by Crippen LogP contribution is -2.10. The molecule has 0 aromatic heterocycles. The zero-order chi connectivity index (χ0) is 15.9. The quantitative estimate of drug-likeness (QED) is 0.480. The smallest absolute Gasteiger partial charge is 0.0613 e. The molecule has 0 heterocycles. The maximum atomic E-state index is 4.46. The highest BCUT2D eigenvalue weighted by atomic mass is 15.4. The summed E-state index contributed by atoms with van der Waals surface area (Å²) in [7, 11) is 1.99. The highest BCUT2D eigenvalue weighted by Crippen LogP contribution is 2.19. The van der Waals surface area contributed by atoms with E-state index in [4.69, 9.17) is 0 Å². The lowest BCUT2D eigenvalue weighted by Gasteiger charge is -2.14. The van der Waals surface area contributed by atoms with Crippen molar-refractivity contribution in [2.75, 3.05) is 7.05 Å². The van der Waals surface area contributed by atoms with Crippen molar-refractivity contribution < 1.29 is 0 Å². The van der Waals surface area contributed by atoms with Gasteiger partial charge in [-0.3, -0.25) is 5.01 Å². The molecule has 0 aliphatic carbocycles. The monoisotopic (exact) mass is 300 g/mol. The molecule has 0 fully saturated rings. The summed E-state index contributed by atoms with van der Waals surface area (Å²) in [6, 6.07) is 25.1. The van der Waals surface area contributed by atoms with Crippen LogP contribution in [0, 0.1) is 0 Å². The Kier molecular flexibility index (Phi) is 4.85. The summed E-state index contributed by atoms with van der Waals surface area (Å²) in [4.78, 5) is 0. The van der Waals surface area contributed by atoms with E-state index in [0.29, 0.717) is 0 Å². The predicted octanol–water partition coefficient (Wildman–Crippen LogP) is 4.97. The molecule has 0 aliphatic rings. The normalized spacial score (nSPS) is 11.5. The Hall–Kier alpha value is -2.87. The fourth-order valence-electron chi connectivity index (χ4n) is 2.59. The van der Waals surface area contributed by atoms with Gasteiger partial charge < -0.3 is 0 Å². The van der Waals surface area contributed by atoms with Gasteiger partial charge in [0, 0.05) is 13.3 Å². The van der Waals surface area contributed by atoms with E-state index in [9.17, 15) is 0 Å². The molecule has 23 heavy (non-hydrogen) atoms. The van der Waals surface area contributed by atoms with E-state index in [0.717, 1.165) is 6.54 Å². The molecule has 2 heteroatoms. The number of hydrogen-bond donors (Lipinski definition) is 0. The Balaban J connectivity index is 1.66. The van der Waals surface area contributed by atoms with E-state index in [1.54, 1.807) is 0 Å². The molecular weight excluding hydrogens is 280 g/mol. The molecule has 3 rings (SSSR count). The number of allylic oxidation sites excluding steroid dienone is 1. The zero-order valence-electron chi connectivity index (χ0n) is 13.3. The Morgan fingerprint density at radius 2 is 1.61 bits per heavy atom. The van der Waals surface area contributed by atoms with Gasteiger partial charge in [0.05, 0.1) is 6.54 Å². The molecule has 0 spiro atoms. The maximum Gasteiger partial charge on any atom is 0.0613 e. The minimum absolute atomic E-state index is 0.789. The largest absolute Gasteiger partial charge is 0.296 e. The molecule has 0 N–H and O–H groups in total. The lowest BCUT2D eigenvalue weighted by molar-refractivity contribution is 0.350. The van der Waals surface area contributed by atoms with Crippen molar-refractivity contribution >= 4 is 23.1 Å². The summed E-state index contributed by atoms with van der Waals surface area (Å²) in [6.45, 7) is 0.789. The van der Waals surface area contributed by atoms with E-state index in [2.05, 4.69) is 65.8 Å². The van der Waals surface area contributed by atoms with Crippen molar-refractivity contribution in [3.63, 3.8) is 0 Å². The number of benzene rings is 3. The summed E-state index contributed by atoms with van der Waals surface area (Å²) in [5, 5.41) is 8.98. The third-order valence-electron chi connectivity index (χ3n) is 3.72. The van der Waals surface area contributed by atoms with Crippen LogP contribution in [0.2, 0.25) is 0 Å². The molecule has 0 radical (unpaired) electrons. The number of rotatable bonds is 5. The number of hydrazone groups is 1. The van der Waals surface area contributed by atoms with Gasteiger partial charge in [-0.2, -0.15) is 5.10 Å². The van der Waals surface area contributed by atoms with Crippen LogP contribution in [0.15, 0.2) is 84.0 Å². The molecule has 3 aromatic carbocycles. The molecule has 0 atom stereocenters. The van der Waals surface area contributed by atoms with Gasteiger partial charge in [-0.25, -0.2) is 0 Å². The molecule has 114 valence electrons. The van der Waals surface area contributed by atoms with Gasteiger partial charge in [-0.05, 0) is 28.0 Å². The molecule has 0 saturated carbocycles. The van der Waals surface area contributed by atoms with E-state index in [-0.39, 0.29) is 0 Å². The second-order valence-corrected chi connectivity index (χ2v) is 5.49. The Labute approximate surface area is 137 Å². The van der Waals surface area contributed by atoms with Crippen molar-refractivity contribution in [2.24, 2.45) is 5.10 Å². The highest BCUT2D eigenvalue weighted by Gasteiger charge is 2.01. The van der Waals surface area contributed by atoms with Crippen molar-refractivity contribution in [1.29, 1.82) is 0 Å². The fourth-order valence-corrected chi connectivity index (χ4v) is 2.59. The van der Waals surface area contributed by atoms with Gasteiger partial charge in [0.2, 0.25) is 0 Å². The van der Waals surface area contributed by atoms with Crippen LogP contribution in [-0.2, 0) is 6.54 Å². The third kappa shape index (κ3) is 4.07. The maximum absolute atomic E-state index is 4.46. The predicted molar refractivity (Wildman–Crippen MR) is 99.4 cm³/mol. The molecule has 0 amide bonds. The van der Waals surface area contributed by atoms with Gasteiger partial charge >= 0.3 is 0 Å². The van der Waals surface area contributed by atoms with Gasteiger partial charge in [0.25, 0.3) is 0 Å². The molecule has 0 bridgehead atoms. The third-order valence-corrected chi connectivity index (χ3v) is 3.72. The summed E-state index contributed by atoms with van der Waals surface area (Å²) in [5.74, 6) is 0. The standard InChI is InChI=1S/C21H20N2/c1-23(22-16-8-11-18-9-3-2-4-10-18)17-20-14-7-13-19-12-5-6-15-21(19)20/h2-16H,17H2,1H3. The minimum Gasteiger partial charge on any atom is -0.296 e.